The van der Waals surface area contributed by atoms with Crippen LogP contribution in [0, 0.1) is 5.92 Å². The van der Waals surface area contributed by atoms with Gasteiger partial charge in [0, 0.05) is 6.54 Å². The largest absolute Gasteiger partial charge is 0.309 e. The third-order valence-electron chi connectivity index (χ3n) is 4.74. The number of carbonyl (C=O) groups is 2. The molecule has 0 aliphatic carbocycles. The van der Waals surface area contributed by atoms with E-state index in [4.69, 9.17) is 0 Å². The van der Waals surface area contributed by atoms with Crippen LogP contribution < -0.4 is 5.56 Å². The summed E-state index contributed by atoms with van der Waals surface area (Å²) in [6.07, 6.45) is 0.971. The van der Waals surface area contributed by atoms with Crippen molar-refractivity contribution in [1.29, 1.82) is 0 Å². The van der Waals surface area contributed by atoms with Gasteiger partial charge in [0.15, 0.2) is 0 Å². The maximum absolute atomic E-state index is 12.6. The smallest absolute Gasteiger partial charge is 0.258 e. The maximum Gasteiger partial charge on any atom is 0.258 e. The predicted molar refractivity (Wildman–Crippen MR) is 98.4 cm³/mol. The third-order valence-corrected chi connectivity index (χ3v) is 4.74. The lowest BCUT2D eigenvalue weighted by Crippen LogP contribution is -2.40. The summed E-state index contributed by atoms with van der Waals surface area (Å²) < 4.78 is 0. The number of rotatable bonds is 6. The Morgan fingerprint density at radius 3 is 2.73 bits per heavy atom. The normalized spacial score (nSPS) is 17.9. The van der Waals surface area contributed by atoms with Gasteiger partial charge >= 0.3 is 0 Å². The SMILES string of the molecule is CC(C)CCN1C(=O)C[C@@H](N(C)Cc2nc3ccccc3c(=O)[nH]2)C1=O. The molecule has 1 aliphatic heterocycles. The fourth-order valence-corrected chi connectivity index (χ4v) is 3.19. The van der Waals surface area contributed by atoms with Crippen LogP contribution in [0.15, 0.2) is 29.1 Å². The van der Waals surface area contributed by atoms with Crippen LogP contribution in [0.5, 0.6) is 0 Å². The molecule has 1 N–H and O–H groups in total. The van der Waals surface area contributed by atoms with Gasteiger partial charge in [-0.1, -0.05) is 26.0 Å². The number of aromatic amines is 1. The number of likely N-dealkylation sites (N-methyl/N-ethyl adjacent to an activating group) is 1. The molecular formula is C19H24N4O3. The standard InChI is InChI=1S/C19H24N4O3/c1-12(2)8-9-23-17(24)10-15(19(23)26)22(3)11-16-20-14-7-5-4-6-13(14)18(25)21-16/h4-7,12,15H,8-11H2,1-3H3,(H,20,21,25)/t15-/m1/s1. The summed E-state index contributed by atoms with van der Waals surface area (Å²) in [6, 6.07) is 6.62. The molecule has 1 aromatic heterocycles. The number of H-pyrrole nitrogens is 1. The van der Waals surface area contributed by atoms with Crippen molar-refractivity contribution in [2.24, 2.45) is 5.92 Å². The lowest BCUT2D eigenvalue weighted by molar-refractivity contribution is -0.139. The number of amides is 2. The highest BCUT2D eigenvalue weighted by Crippen LogP contribution is 2.20. The van der Waals surface area contributed by atoms with Crippen molar-refractivity contribution < 1.29 is 9.59 Å². The van der Waals surface area contributed by atoms with Gasteiger partial charge in [-0.25, -0.2) is 4.98 Å². The second kappa shape index (κ2) is 7.37. The van der Waals surface area contributed by atoms with E-state index in [1.165, 1.54) is 4.90 Å². The molecular weight excluding hydrogens is 332 g/mol. The molecule has 1 atom stereocenters. The number of carbonyl (C=O) groups excluding carboxylic acids is 2. The molecule has 0 saturated carbocycles. The zero-order valence-corrected chi connectivity index (χ0v) is 15.4. The molecule has 1 aliphatic rings. The van der Waals surface area contributed by atoms with E-state index in [-0.39, 0.29) is 23.8 Å². The number of imide groups is 1. The van der Waals surface area contributed by atoms with Crippen LogP contribution in [0.1, 0.15) is 32.5 Å². The first-order chi connectivity index (χ1) is 12.4. The molecule has 7 nitrogen and oxygen atoms in total. The maximum atomic E-state index is 12.6. The Labute approximate surface area is 152 Å². The van der Waals surface area contributed by atoms with Crippen LogP contribution in [-0.4, -0.2) is 51.2 Å². The number of para-hydroxylation sites is 1. The fourth-order valence-electron chi connectivity index (χ4n) is 3.19. The number of nitrogens with zero attached hydrogens (tertiary/aromatic N) is 3. The van der Waals surface area contributed by atoms with Gasteiger partial charge in [-0.3, -0.25) is 24.2 Å². The van der Waals surface area contributed by atoms with Gasteiger partial charge in [-0.15, -0.1) is 0 Å². The number of hydrogen-bond acceptors (Lipinski definition) is 5. The molecule has 138 valence electrons. The van der Waals surface area contributed by atoms with E-state index >= 15 is 0 Å². The number of aromatic nitrogens is 2. The Kier molecular flexibility index (Phi) is 5.18. The molecule has 0 bridgehead atoms. The van der Waals surface area contributed by atoms with Crippen LogP contribution in [-0.2, 0) is 16.1 Å². The molecule has 2 aromatic rings. The van der Waals surface area contributed by atoms with Crippen molar-refractivity contribution in [2.45, 2.75) is 39.3 Å². The van der Waals surface area contributed by atoms with Gasteiger partial charge in [0.2, 0.25) is 11.8 Å². The van der Waals surface area contributed by atoms with Crippen LogP contribution in [0.4, 0.5) is 0 Å². The van der Waals surface area contributed by atoms with Crippen LogP contribution in [0.25, 0.3) is 10.9 Å². The Morgan fingerprint density at radius 2 is 2.00 bits per heavy atom. The Hall–Kier alpha value is -2.54. The first kappa shape index (κ1) is 18.3. The molecule has 7 heteroatoms. The van der Waals surface area contributed by atoms with E-state index in [0.29, 0.717) is 35.7 Å². The van der Waals surface area contributed by atoms with E-state index < -0.39 is 6.04 Å². The highest BCUT2D eigenvalue weighted by molar-refractivity contribution is 6.05. The van der Waals surface area contributed by atoms with Gasteiger partial charge < -0.3 is 4.98 Å². The molecule has 1 fully saturated rings. The van der Waals surface area contributed by atoms with Gasteiger partial charge in [0.1, 0.15) is 5.82 Å². The zero-order valence-electron chi connectivity index (χ0n) is 15.4. The second-order valence-electron chi connectivity index (χ2n) is 7.23. The minimum absolute atomic E-state index is 0.132. The van der Waals surface area contributed by atoms with E-state index in [9.17, 15) is 14.4 Å². The summed E-state index contributed by atoms with van der Waals surface area (Å²) in [5.41, 5.74) is 0.415. The number of fused-ring (bicyclic) bond motifs is 1. The average molecular weight is 356 g/mol. The highest BCUT2D eigenvalue weighted by Gasteiger charge is 2.40. The summed E-state index contributed by atoms with van der Waals surface area (Å²) in [5, 5.41) is 0.533. The van der Waals surface area contributed by atoms with Gasteiger partial charge in [0.05, 0.1) is 29.9 Å². The molecule has 3 rings (SSSR count). The minimum Gasteiger partial charge on any atom is -0.309 e. The number of likely N-dealkylation sites (tertiary alicyclic amines) is 1. The first-order valence-electron chi connectivity index (χ1n) is 8.89. The quantitative estimate of drug-likeness (QED) is 0.793. The molecule has 0 unspecified atom stereocenters. The van der Waals surface area contributed by atoms with Crippen molar-refractivity contribution in [3.8, 4) is 0 Å². The van der Waals surface area contributed by atoms with E-state index in [1.807, 2.05) is 6.07 Å². The summed E-state index contributed by atoms with van der Waals surface area (Å²) in [4.78, 5) is 47.4. The molecule has 1 saturated heterocycles. The van der Waals surface area contributed by atoms with Crippen molar-refractivity contribution in [1.82, 2.24) is 19.8 Å². The lowest BCUT2D eigenvalue weighted by Gasteiger charge is -2.22. The first-order valence-corrected chi connectivity index (χ1v) is 8.89. The molecule has 0 radical (unpaired) electrons. The highest BCUT2D eigenvalue weighted by atomic mass is 16.2. The molecule has 2 heterocycles. The predicted octanol–water partition coefficient (Wildman–Crippen LogP) is 1.53. The van der Waals surface area contributed by atoms with Gasteiger partial charge in [-0.2, -0.15) is 0 Å². The van der Waals surface area contributed by atoms with Crippen molar-refractivity contribution >= 4 is 22.7 Å². The summed E-state index contributed by atoms with van der Waals surface area (Å²) in [7, 11) is 1.77. The molecule has 0 spiro atoms. The van der Waals surface area contributed by atoms with Crippen molar-refractivity contribution in [2.75, 3.05) is 13.6 Å². The Bertz CT molecular complexity index is 890. The molecule has 2 amide bonds. The van der Waals surface area contributed by atoms with Gasteiger partial charge in [0.25, 0.3) is 5.56 Å². The number of nitrogens with one attached hydrogen (secondary N) is 1. The fraction of sp³-hybridized carbons (Fsp3) is 0.474. The minimum atomic E-state index is -0.508. The Morgan fingerprint density at radius 1 is 1.27 bits per heavy atom. The number of benzene rings is 1. The molecule has 26 heavy (non-hydrogen) atoms. The van der Waals surface area contributed by atoms with E-state index in [1.54, 1.807) is 30.1 Å². The monoisotopic (exact) mass is 356 g/mol. The summed E-state index contributed by atoms with van der Waals surface area (Å²) >= 11 is 0. The Balaban J connectivity index is 1.74. The van der Waals surface area contributed by atoms with Crippen LogP contribution in [0.3, 0.4) is 0 Å². The van der Waals surface area contributed by atoms with Gasteiger partial charge in [-0.05, 0) is 31.5 Å². The van der Waals surface area contributed by atoms with Crippen LogP contribution in [0.2, 0.25) is 0 Å². The average Bonchev–Trinajstić information content (AvgIpc) is 2.87. The third kappa shape index (κ3) is 3.67. The van der Waals surface area contributed by atoms with Crippen molar-refractivity contribution in [3.05, 3.63) is 40.4 Å². The van der Waals surface area contributed by atoms with Crippen LogP contribution >= 0.6 is 0 Å². The molecule has 1 aromatic carbocycles. The summed E-state index contributed by atoms with van der Waals surface area (Å²) in [6.45, 7) is 4.89. The summed E-state index contributed by atoms with van der Waals surface area (Å²) in [5.74, 6) is 0.616. The van der Waals surface area contributed by atoms with E-state index in [0.717, 1.165) is 6.42 Å². The second-order valence-corrected chi connectivity index (χ2v) is 7.23. The van der Waals surface area contributed by atoms with Crippen molar-refractivity contribution in [3.63, 3.8) is 0 Å². The number of hydrogen-bond donors (Lipinski definition) is 1. The topological polar surface area (TPSA) is 86.4 Å². The van der Waals surface area contributed by atoms with E-state index in [2.05, 4.69) is 23.8 Å². The lowest BCUT2D eigenvalue weighted by atomic mass is 10.1. The zero-order chi connectivity index (χ0) is 18.8.